The molecule has 3 nitrogen and oxygen atoms in total. The van der Waals surface area contributed by atoms with E-state index in [-0.39, 0.29) is 0 Å². The molecule has 2 rings (SSSR count). The fraction of sp³-hybridized carbons (Fsp3) is 0.231. The number of aromatic nitrogens is 2. The zero-order valence-corrected chi connectivity index (χ0v) is 11.5. The Bertz CT molecular complexity index is 526. The third-order valence-electron chi connectivity index (χ3n) is 2.40. The van der Waals surface area contributed by atoms with Crippen LogP contribution in [0.15, 0.2) is 34.9 Å². The number of halogens is 1. The summed E-state index contributed by atoms with van der Waals surface area (Å²) in [7, 11) is 0. The van der Waals surface area contributed by atoms with Gasteiger partial charge in [0.15, 0.2) is 0 Å². The van der Waals surface area contributed by atoms with Crippen molar-refractivity contribution in [2.24, 2.45) is 0 Å². The van der Waals surface area contributed by atoms with Gasteiger partial charge >= 0.3 is 0 Å². The Morgan fingerprint density at radius 2 is 2.18 bits per heavy atom. The first-order valence-corrected chi connectivity index (χ1v) is 6.33. The van der Waals surface area contributed by atoms with Crippen LogP contribution in [-0.2, 0) is 0 Å². The fourth-order valence-electron chi connectivity index (χ4n) is 1.61. The van der Waals surface area contributed by atoms with Crippen LogP contribution in [0.4, 0.5) is 5.95 Å². The highest BCUT2D eigenvalue weighted by molar-refractivity contribution is 9.10. The normalized spacial score (nSPS) is 10.3. The van der Waals surface area contributed by atoms with E-state index >= 15 is 0 Å². The highest BCUT2D eigenvalue weighted by Gasteiger charge is 2.06. The van der Waals surface area contributed by atoms with Gasteiger partial charge in [0.1, 0.15) is 0 Å². The molecule has 1 N–H and O–H groups in total. The lowest BCUT2D eigenvalue weighted by Gasteiger charge is -2.08. The first-order chi connectivity index (χ1) is 8.20. The summed E-state index contributed by atoms with van der Waals surface area (Å²) in [5.41, 5.74) is 3.14. The molecule has 17 heavy (non-hydrogen) atoms. The molecule has 1 aromatic heterocycles. The van der Waals surface area contributed by atoms with Gasteiger partial charge in [0.25, 0.3) is 0 Å². The van der Waals surface area contributed by atoms with Gasteiger partial charge in [-0.2, -0.15) is 0 Å². The van der Waals surface area contributed by atoms with E-state index in [1.54, 1.807) is 0 Å². The van der Waals surface area contributed by atoms with Crippen LogP contribution in [0, 0.1) is 6.92 Å². The maximum absolute atomic E-state index is 4.53. The Kier molecular flexibility index (Phi) is 3.74. The summed E-state index contributed by atoms with van der Waals surface area (Å²) in [5, 5.41) is 3.13. The van der Waals surface area contributed by atoms with Crippen molar-refractivity contribution < 1.29 is 0 Å². The Morgan fingerprint density at radius 1 is 1.35 bits per heavy atom. The van der Waals surface area contributed by atoms with Crippen LogP contribution in [0.2, 0.25) is 0 Å². The van der Waals surface area contributed by atoms with Crippen LogP contribution in [0.5, 0.6) is 0 Å². The van der Waals surface area contributed by atoms with Crippen LogP contribution in [0.1, 0.15) is 12.5 Å². The molecule has 0 amide bonds. The Hall–Kier alpha value is -1.42. The van der Waals surface area contributed by atoms with Crippen molar-refractivity contribution in [1.82, 2.24) is 9.97 Å². The molecule has 0 unspecified atom stereocenters. The van der Waals surface area contributed by atoms with Gasteiger partial charge in [0, 0.05) is 22.8 Å². The highest BCUT2D eigenvalue weighted by Crippen LogP contribution is 2.24. The molecular weight excluding hydrogens is 278 g/mol. The van der Waals surface area contributed by atoms with Crippen molar-refractivity contribution >= 4 is 21.9 Å². The fourth-order valence-corrected chi connectivity index (χ4v) is 2.01. The molecule has 88 valence electrons. The van der Waals surface area contributed by atoms with Crippen molar-refractivity contribution in [1.29, 1.82) is 0 Å². The molecule has 1 aromatic carbocycles. The number of hydrogen-bond donors (Lipinski definition) is 1. The number of rotatable bonds is 3. The van der Waals surface area contributed by atoms with E-state index in [0.29, 0.717) is 5.95 Å². The first-order valence-electron chi connectivity index (χ1n) is 5.54. The number of nitrogens with zero attached hydrogens (tertiary/aromatic N) is 2. The number of nitrogens with one attached hydrogen (secondary N) is 1. The average Bonchev–Trinajstić information content (AvgIpc) is 2.32. The molecule has 0 radical (unpaired) electrons. The molecule has 0 saturated heterocycles. The summed E-state index contributed by atoms with van der Waals surface area (Å²) < 4.78 is 1.05. The van der Waals surface area contributed by atoms with E-state index in [9.17, 15) is 0 Å². The number of benzene rings is 1. The molecule has 0 bridgehead atoms. The van der Waals surface area contributed by atoms with Gasteiger partial charge in [-0.1, -0.05) is 28.1 Å². The summed E-state index contributed by atoms with van der Waals surface area (Å²) >= 11 is 3.47. The summed E-state index contributed by atoms with van der Waals surface area (Å²) in [5.74, 6) is 0.674. The largest absolute Gasteiger partial charge is 0.354 e. The third-order valence-corrected chi connectivity index (χ3v) is 2.90. The number of anilines is 1. The lowest BCUT2D eigenvalue weighted by Crippen LogP contribution is -2.03. The molecule has 4 heteroatoms. The van der Waals surface area contributed by atoms with Crippen LogP contribution in [0.3, 0.4) is 0 Å². The maximum atomic E-state index is 4.53. The Labute approximate surface area is 109 Å². The van der Waals surface area contributed by atoms with E-state index in [4.69, 9.17) is 0 Å². The molecule has 1 heterocycles. The number of aryl methyl sites for hydroxylation is 1. The topological polar surface area (TPSA) is 37.8 Å². The SMILES string of the molecule is CCNc1ncc(C)c(-c2cccc(Br)c2)n1. The highest BCUT2D eigenvalue weighted by atomic mass is 79.9. The van der Waals surface area contributed by atoms with Crippen molar-refractivity contribution in [3.05, 3.63) is 40.5 Å². The standard InChI is InChI=1S/C13H14BrN3/c1-3-15-13-16-8-9(2)12(17-13)10-5-4-6-11(14)7-10/h4-8H,3H2,1-2H3,(H,15,16,17). The third kappa shape index (κ3) is 2.82. The van der Waals surface area contributed by atoms with E-state index < -0.39 is 0 Å². The average molecular weight is 292 g/mol. The van der Waals surface area contributed by atoms with Gasteiger partial charge < -0.3 is 5.32 Å². The molecule has 0 aliphatic carbocycles. The van der Waals surface area contributed by atoms with Gasteiger partial charge in [-0.15, -0.1) is 0 Å². The van der Waals surface area contributed by atoms with Crippen LogP contribution >= 0.6 is 15.9 Å². The summed E-state index contributed by atoms with van der Waals surface area (Å²) in [4.78, 5) is 8.77. The van der Waals surface area contributed by atoms with Gasteiger partial charge in [0.05, 0.1) is 5.69 Å². The minimum atomic E-state index is 0.674. The number of hydrogen-bond acceptors (Lipinski definition) is 3. The molecule has 0 aliphatic heterocycles. The predicted octanol–water partition coefficient (Wildman–Crippen LogP) is 3.65. The maximum Gasteiger partial charge on any atom is 0.223 e. The van der Waals surface area contributed by atoms with Gasteiger partial charge in [-0.25, -0.2) is 9.97 Å². The lowest BCUT2D eigenvalue weighted by molar-refractivity contribution is 1.07. The van der Waals surface area contributed by atoms with E-state index in [0.717, 1.165) is 27.8 Å². The molecule has 0 fully saturated rings. The second kappa shape index (κ2) is 5.27. The second-order valence-electron chi connectivity index (χ2n) is 3.77. The van der Waals surface area contributed by atoms with Crippen LogP contribution < -0.4 is 5.32 Å². The van der Waals surface area contributed by atoms with E-state index in [1.165, 1.54) is 0 Å². The molecular formula is C13H14BrN3. The molecule has 0 spiro atoms. The van der Waals surface area contributed by atoms with E-state index in [1.807, 2.05) is 32.2 Å². The summed E-state index contributed by atoms with van der Waals surface area (Å²) in [6, 6.07) is 8.12. The zero-order chi connectivity index (χ0) is 12.3. The summed E-state index contributed by atoms with van der Waals surface area (Å²) in [6.07, 6.45) is 1.85. The van der Waals surface area contributed by atoms with Crippen molar-refractivity contribution in [3.63, 3.8) is 0 Å². The Balaban J connectivity index is 2.46. The zero-order valence-electron chi connectivity index (χ0n) is 9.87. The molecule has 0 aliphatic rings. The van der Waals surface area contributed by atoms with Crippen molar-refractivity contribution in [3.8, 4) is 11.3 Å². The van der Waals surface area contributed by atoms with Crippen LogP contribution in [-0.4, -0.2) is 16.5 Å². The lowest BCUT2D eigenvalue weighted by atomic mass is 10.1. The van der Waals surface area contributed by atoms with Gasteiger partial charge in [0.2, 0.25) is 5.95 Å². The Morgan fingerprint density at radius 3 is 2.88 bits per heavy atom. The minimum absolute atomic E-state index is 0.674. The summed E-state index contributed by atoms with van der Waals surface area (Å²) in [6.45, 7) is 4.87. The second-order valence-corrected chi connectivity index (χ2v) is 4.68. The van der Waals surface area contributed by atoms with Gasteiger partial charge in [-0.3, -0.25) is 0 Å². The quantitative estimate of drug-likeness (QED) is 0.938. The molecule has 0 saturated carbocycles. The smallest absolute Gasteiger partial charge is 0.223 e. The van der Waals surface area contributed by atoms with Gasteiger partial charge in [-0.05, 0) is 31.5 Å². The molecule has 0 atom stereocenters. The van der Waals surface area contributed by atoms with Crippen molar-refractivity contribution in [2.75, 3.05) is 11.9 Å². The first kappa shape index (κ1) is 12.0. The van der Waals surface area contributed by atoms with Crippen molar-refractivity contribution in [2.45, 2.75) is 13.8 Å². The minimum Gasteiger partial charge on any atom is -0.354 e. The predicted molar refractivity (Wildman–Crippen MR) is 74.1 cm³/mol. The van der Waals surface area contributed by atoms with Crippen LogP contribution in [0.25, 0.3) is 11.3 Å². The molecule has 2 aromatic rings. The monoisotopic (exact) mass is 291 g/mol. The van der Waals surface area contributed by atoms with E-state index in [2.05, 4.69) is 43.3 Å².